The van der Waals surface area contributed by atoms with E-state index in [1.54, 1.807) is 4.90 Å². The molecule has 2 unspecified atom stereocenters. The molecule has 4 N–H and O–H groups in total. The molecular formula is C12H25NO5. The fraction of sp³-hybridized carbons (Fsp3) is 1.00. The second kappa shape index (κ2) is 6.27. The molecule has 0 aliphatic carbocycles. The molecule has 0 amide bonds. The summed E-state index contributed by atoms with van der Waals surface area (Å²) in [6.07, 6.45) is -3.35. The molecular weight excluding hydrogens is 238 g/mol. The standard InChI is InChI=1S/C12H25NO5/c1-12(2,3)18-5-4-13-6-9(15)11(17)10(16)8(13)7-14/h8-11,14-17H,4-7H2,1-3H3/t8?,9?,10-,11-/m1/s1. The molecule has 1 rings (SSSR count). The van der Waals surface area contributed by atoms with Crippen LogP contribution in [0.3, 0.4) is 0 Å². The molecule has 1 heterocycles. The van der Waals surface area contributed by atoms with Crippen molar-refractivity contribution in [3.63, 3.8) is 0 Å². The van der Waals surface area contributed by atoms with Crippen molar-refractivity contribution in [2.75, 3.05) is 26.3 Å². The third kappa shape index (κ3) is 4.15. The zero-order valence-electron chi connectivity index (χ0n) is 11.3. The summed E-state index contributed by atoms with van der Waals surface area (Å²) in [6, 6.07) is -0.563. The lowest BCUT2D eigenvalue weighted by Crippen LogP contribution is -2.63. The average Bonchev–Trinajstić information content (AvgIpc) is 2.25. The number of hydrogen-bond acceptors (Lipinski definition) is 6. The molecule has 108 valence electrons. The van der Waals surface area contributed by atoms with Crippen molar-refractivity contribution in [1.29, 1.82) is 0 Å². The van der Waals surface area contributed by atoms with Crippen LogP contribution in [0.5, 0.6) is 0 Å². The van der Waals surface area contributed by atoms with Crippen molar-refractivity contribution in [3.8, 4) is 0 Å². The highest BCUT2D eigenvalue weighted by Crippen LogP contribution is 2.19. The molecule has 6 heteroatoms. The third-order valence-corrected chi connectivity index (χ3v) is 3.13. The van der Waals surface area contributed by atoms with Crippen molar-refractivity contribution in [2.24, 2.45) is 0 Å². The van der Waals surface area contributed by atoms with E-state index in [9.17, 15) is 20.4 Å². The Labute approximate surface area is 108 Å². The maximum absolute atomic E-state index is 9.79. The highest BCUT2D eigenvalue weighted by atomic mass is 16.5. The first-order valence-corrected chi connectivity index (χ1v) is 6.29. The van der Waals surface area contributed by atoms with E-state index in [1.165, 1.54) is 0 Å². The molecule has 0 bridgehead atoms. The Morgan fingerprint density at radius 3 is 2.28 bits per heavy atom. The minimum Gasteiger partial charge on any atom is -0.395 e. The van der Waals surface area contributed by atoms with Crippen LogP contribution < -0.4 is 0 Å². The smallest absolute Gasteiger partial charge is 0.109 e. The largest absolute Gasteiger partial charge is 0.395 e. The van der Waals surface area contributed by atoms with Gasteiger partial charge in [0.2, 0.25) is 0 Å². The van der Waals surface area contributed by atoms with E-state index in [2.05, 4.69) is 0 Å². The molecule has 0 spiro atoms. The molecule has 0 aromatic heterocycles. The molecule has 1 aliphatic heterocycles. The molecule has 1 fully saturated rings. The molecule has 18 heavy (non-hydrogen) atoms. The fourth-order valence-electron chi connectivity index (χ4n) is 2.10. The van der Waals surface area contributed by atoms with Crippen molar-refractivity contribution in [1.82, 2.24) is 4.90 Å². The van der Waals surface area contributed by atoms with Gasteiger partial charge in [0, 0.05) is 13.1 Å². The van der Waals surface area contributed by atoms with Crippen LogP contribution in [0.25, 0.3) is 0 Å². The van der Waals surface area contributed by atoms with Crippen LogP contribution in [0.1, 0.15) is 20.8 Å². The fourth-order valence-corrected chi connectivity index (χ4v) is 2.10. The topological polar surface area (TPSA) is 93.4 Å². The van der Waals surface area contributed by atoms with Gasteiger partial charge in [0.15, 0.2) is 0 Å². The molecule has 1 saturated heterocycles. The van der Waals surface area contributed by atoms with Gasteiger partial charge in [-0.1, -0.05) is 0 Å². The van der Waals surface area contributed by atoms with Crippen LogP contribution in [-0.2, 0) is 4.74 Å². The molecule has 0 radical (unpaired) electrons. The van der Waals surface area contributed by atoms with Gasteiger partial charge in [-0.2, -0.15) is 0 Å². The molecule has 6 nitrogen and oxygen atoms in total. The number of piperidine rings is 1. The molecule has 0 aromatic rings. The van der Waals surface area contributed by atoms with Gasteiger partial charge in [-0.25, -0.2) is 0 Å². The predicted molar refractivity (Wildman–Crippen MR) is 66.2 cm³/mol. The number of rotatable bonds is 4. The number of β-amino-alcohol motifs (C(OH)–C–C–N with tert-alkyl or cyclic N) is 1. The van der Waals surface area contributed by atoms with Crippen LogP contribution in [0.2, 0.25) is 0 Å². The summed E-state index contributed by atoms with van der Waals surface area (Å²) in [6.45, 7) is 6.72. The Morgan fingerprint density at radius 2 is 1.78 bits per heavy atom. The van der Waals surface area contributed by atoms with E-state index in [4.69, 9.17) is 4.74 Å². The molecule has 0 saturated carbocycles. The van der Waals surface area contributed by atoms with Gasteiger partial charge in [0.1, 0.15) is 12.2 Å². The molecule has 1 aliphatic rings. The Balaban J connectivity index is 2.52. The summed E-state index contributed by atoms with van der Waals surface area (Å²) in [4.78, 5) is 1.74. The summed E-state index contributed by atoms with van der Waals surface area (Å²) in [5.74, 6) is 0. The molecule has 0 aromatic carbocycles. The van der Waals surface area contributed by atoms with Crippen LogP contribution in [0.15, 0.2) is 0 Å². The first kappa shape index (κ1) is 15.8. The minimum atomic E-state index is -1.21. The van der Waals surface area contributed by atoms with E-state index < -0.39 is 24.4 Å². The van der Waals surface area contributed by atoms with E-state index in [0.29, 0.717) is 13.2 Å². The second-order valence-electron chi connectivity index (χ2n) is 5.75. The monoisotopic (exact) mass is 263 g/mol. The van der Waals surface area contributed by atoms with Gasteiger partial charge in [-0.05, 0) is 20.8 Å². The normalized spacial score (nSPS) is 34.8. The van der Waals surface area contributed by atoms with Gasteiger partial charge in [-0.15, -0.1) is 0 Å². The predicted octanol–water partition coefficient (Wildman–Crippen LogP) is -1.44. The number of aliphatic hydroxyl groups is 4. The van der Waals surface area contributed by atoms with Crippen molar-refractivity contribution in [2.45, 2.75) is 50.7 Å². The number of nitrogens with zero attached hydrogens (tertiary/aromatic N) is 1. The summed E-state index contributed by atoms with van der Waals surface area (Å²) >= 11 is 0. The number of hydrogen-bond donors (Lipinski definition) is 4. The van der Waals surface area contributed by atoms with Gasteiger partial charge in [-0.3, -0.25) is 4.90 Å². The van der Waals surface area contributed by atoms with Crippen LogP contribution in [0.4, 0.5) is 0 Å². The Kier molecular flexibility index (Phi) is 5.51. The van der Waals surface area contributed by atoms with E-state index >= 15 is 0 Å². The zero-order chi connectivity index (χ0) is 13.9. The Bertz CT molecular complexity index is 255. The first-order valence-electron chi connectivity index (χ1n) is 6.29. The summed E-state index contributed by atoms with van der Waals surface area (Å²) in [5, 5.41) is 38.2. The van der Waals surface area contributed by atoms with Gasteiger partial charge >= 0.3 is 0 Å². The van der Waals surface area contributed by atoms with E-state index in [-0.39, 0.29) is 18.8 Å². The Hall–Kier alpha value is -0.240. The van der Waals surface area contributed by atoms with Crippen molar-refractivity contribution >= 4 is 0 Å². The average molecular weight is 263 g/mol. The SMILES string of the molecule is CC(C)(C)OCCN1CC(O)[C@@H](O)[C@H](O)C1CO. The van der Waals surface area contributed by atoms with Crippen LogP contribution in [-0.4, -0.2) is 81.6 Å². The first-order chi connectivity index (χ1) is 8.26. The highest BCUT2D eigenvalue weighted by molar-refractivity contribution is 4.94. The maximum Gasteiger partial charge on any atom is 0.109 e. The van der Waals surface area contributed by atoms with Crippen LogP contribution in [0, 0.1) is 0 Å². The third-order valence-electron chi connectivity index (χ3n) is 3.13. The van der Waals surface area contributed by atoms with Crippen molar-refractivity contribution < 1.29 is 25.2 Å². The van der Waals surface area contributed by atoms with Gasteiger partial charge < -0.3 is 25.2 Å². The quantitative estimate of drug-likeness (QED) is 0.496. The summed E-state index contributed by atoms with van der Waals surface area (Å²) in [5.41, 5.74) is -0.249. The second-order valence-corrected chi connectivity index (χ2v) is 5.75. The van der Waals surface area contributed by atoms with Gasteiger partial charge in [0.05, 0.1) is 31.0 Å². The summed E-state index contributed by atoms with van der Waals surface area (Å²) in [7, 11) is 0. The number of ether oxygens (including phenoxy) is 1. The Morgan fingerprint density at radius 1 is 1.17 bits per heavy atom. The number of aliphatic hydroxyl groups excluding tert-OH is 4. The van der Waals surface area contributed by atoms with Gasteiger partial charge in [0.25, 0.3) is 0 Å². The van der Waals surface area contributed by atoms with Crippen LogP contribution >= 0.6 is 0 Å². The highest BCUT2D eigenvalue weighted by Gasteiger charge is 2.40. The number of likely N-dealkylation sites (tertiary alicyclic amines) is 1. The lowest BCUT2D eigenvalue weighted by Gasteiger charge is -2.43. The molecule has 4 atom stereocenters. The lowest BCUT2D eigenvalue weighted by molar-refractivity contribution is -0.150. The summed E-state index contributed by atoms with van der Waals surface area (Å²) < 4.78 is 5.57. The van der Waals surface area contributed by atoms with E-state index in [1.807, 2.05) is 20.8 Å². The van der Waals surface area contributed by atoms with Crippen molar-refractivity contribution in [3.05, 3.63) is 0 Å². The minimum absolute atomic E-state index is 0.219. The maximum atomic E-state index is 9.79. The zero-order valence-corrected chi connectivity index (χ0v) is 11.3. The lowest BCUT2D eigenvalue weighted by atomic mass is 9.94. The van der Waals surface area contributed by atoms with E-state index in [0.717, 1.165) is 0 Å².